The maximum absolute atomic E-state index is 13.2. The first-order valence-electron chi connectivity index (χ1n) is 11.6. The molecule has 0 spiro atoms. The largest absolute Gasteiger partial charge is 0.480 e. The zero-order valence-corrected chi connectivity index (χ0v) is 22.4. The predicted octanol–water partition coefficient (Wildman–Crippen LogP) is -0.709. The number of aliphatic carboxylic acids is 1. The van der Waals surface area contributed by atoms with Gasteiger partial charge in [-0.1, -0.05) is 0 Å². The van der Waals surface area contributed by atoms with Crippen LogP contribution in [-0.2, 0) is 32.0 Å². The second-order valence-electron chi connectivity index (χ2n) is 8.25. The summed E-state index contributed by atoms with van der Waals surface area (Å²) in [5.41, 5.74) is 7.27. The fourth-order valence-electron chi connectivity index (χ4n) is 3.37. The van der Waals surface area contributed by atoms with Gasteiger partial charge in [0.2, 0.25) is 17.7 Å². The van der Waals surface area contributed by atoms with Gasteiger partial charge in [0.05, 0.1) is 18.7 Å². The van der Waals surface area contributed by atoms with E-state index < -0.39 is 47.9 Å². The van der Waals surface area contributed by atoms with Crippen molar-refractivity contribution >= 4 is 47.2 Å². The van der Waals surface area contributed by atoms with Crippen LogP contribution < -0.4 is 21.7 Å². The Kier molecular flexibility index (Phi) is 13.0. The van der Waals surface area contributed by atoms with Gasteiger partial charge in [0.25, 0.3) is 0 Å². The van der Waals surface area contributed by atoms with E-state index in [0.717, 1.165) is 0 Å². The SMILES string of the molecule is CSCCC(NC(=O)C(Cc1cnc[nH]1)NC(=O)C(CCSC)NC(=O)C(N)Cc1cnc[nH]1)C(=O)O. The Morgan fingerprint density at radius 2 is 1.32 bits per heavy atom. The summed E-state index contributed by atoms with van der Waals surface area (Å²) in [6.07, 6.45) is 10.5. The van der Waals surface area contributed by atoms with Gasteiger partial charge in [0.1, 0.15) is 18.1 Å². The van der Waals surface area contributed by atoms with Crippen LogP contribution in [0.2, 0.25) is 0 Å². The summed E-state index contributed by atoms with van der Waals surface area (Å²) in [7, 11) is 0. The van der Waals surface area contributed by atoms with Crippen LogP contribution in [0, 0.1) is 0 Å². The Balaban J connectivity index is 2.13. The van der Waals surface area contributed by atoms with Gasteiger partial charge in [-0.25, -0.2) is 14.8 Å². The highest BCUT2D eigenvalue weighted by Gasteiger charge is 2.30. The van der Waals surface area contributed by atoms with Crippen molar-refractivity contribution in [2.45, 2.75) is 49.9 Å². The Bertz CT molecular complexity index is 989. The van der Waals surface area contributed by atoms with Crippen molar-refractivity contribution in [3.8, 4) is 0 Å². The topological polar surface area (TPSA) is 208 Å². The Morgan fingerprint density at radius 1 is 0.838 bits per heavy atom. The van der Waals surface area contributed by atoms with E-state index in [2.05, 4.69) is 35.9 Å². The van der Waals surface area contributed by atoms with Crippen molar-refractivity contribution in [3.63, 3.8) is 0 Å². The van der Waals surface area contributed by atoms with Gasteiger partial charge in [-0.3, -0.25) is 14.4 Å². The zero-order valence-electron chi connectivity index (χ0n) is 20.7. The van der Waals surface area contributed by atoms with Gasteiger partial charge in [-0.2, -0.15) is 23.5 Å². The first-order chi connectivity index (χ1) is 17.7. The number of nitrogens with zero attached hydrogens (tertiary/aromatic N) is 2. The zero-order chi connectivity index (χ0) is 27.2. The first kappa shape index (κ1) is 30.2. The number of carbonyl (C=O) groups is 4. The minimum atomic E-state index is -1.16. The summed E-state index contributed by atoms with van der Waals surface area (Å²) in [5.74, 6) is -1.80. The fraction of sp³-hybridized carbons (Fsp3) is 0.545. The molecular weight excluding hydrogens is 520 g/mol. The lowest BCUT2D eigenvalue weighted by Gasteiger charge is -2.25. The number of carboxylic acid groups (broad SMARTS) is 1. The third-order valence-corrected chi connectivity index (χ3v) is 6.70. The molecule has 0 aliphatic heterocycles. The molecule has 0 fully saturated rings. The number of nitrogens with two attached hydrogens (primary N) is 1. The number of carboxylic acids is 1. The first-order valence-corrected chi connectivity index (χ1v) is 14.4. The lowest BCUT2D eigenvalue weighted by Crippen LogP contribution is -2.58. The van der Waals surface area contributed by atoms with E-state index in [4.69, 9.17) is 5.73 Å². The highest BCUT2D eigenvalue weighted by molar-refractivity contribution is 7.98. The summed E-state index contributed by atoms with van der Waals surface area (Å²) in [6.45, 7) is 0. The number of nitrogens with one attached hydrogen (secondary N) is 5. The van der Waals surface area contributed by atoms with E-state index in [1.54, 1.807) is 6.20 Å². The molecule has 4 unspecified atom stereocenters. The minimum Gasteiger partial charge on any atom is -0.480 e. The number of rotatable bonds is 17. The normalized spacial score (nSPS) is 14.2. The third kappa shape index (κ3) is 10.5. The number of hydrogen-bond acceptors (Lipinski definition) is 9. The van der Waals surface area contributed by atoms with Crippen molar-refractivity contribution in [1.29, 1.82) is 0 Å². The van der Waals surface area contributed by atoms with Crippen molar-refractivity contribution in [2.24, 2.45) is 5.73 Å². The number of aromatic nitrogens is 4. The standard InChI is InChI=1S/C22H34N8O5S2/c1-36-5-3-16(28-19(31)15(23)7-13-9-24-11-26-13)20(32)30-18(8-14-10-25-12-27-14)21(33)29-17(22(34)35)4-6-37-2/h9-12,15-18H,3-8,23H2,1-2H3,(H,24,26)(H,25,27)(H,28,31)(H,29,33)(H,30,32)(H,34,35). The lowest BCUT2D eigenvalue weighted by molar-refractivity contribution is -0.142. The van der Waals surface area contributed by atoms with E-state index in [9.17, 15) is 24.3 Å². The number of aromatic amines is 2. The van der Waals surface area contributed by atoms with Crippen molar-refractivity contribution < 1.29 is 24.3 Å². The summed E-state index contributed by atoms with van der Waals surface area (Å²) >= 11 is 2.96. The Labute approximate surface area is 223 Å². The second kappa shape index (κ2) is 15.9. The minimum absolute atomic E-state index is 0.0506. The van der Waals surface area contributed by atoms with Crippen molar-refractivity contribution in [2.75, 3.05) is 24.0 Å². The molecular formula is C22H34N8O5S2. The molecule has 2 aromatic rings. The van der Waals surface area contributed by atoms with Crippen molar-refractivity contribution in [1.82, 2.24) is 35.9 Å². The molecule has 4 atom stereocenters. The molecule has 2 aromatic heterocycles. The Morgan fingerprint density at radius 3 is 1.84 bits per heavy atom. The molecule has 204 valence electrons. The lowest BCUT2D eigenvalue weighted by atomic mass is 10.1. The molecule has 2 rings (SSSR count). The van der Waals surface area contributed by atoms with E-state index in [1.165, 1.54) is 42.4 Å². The van der Waals surface area contributed by atoms with Crippen LogP contribution in [0.25, 0.3) is 0 Å². The molecule has 2 heterocycles. The van der Waals surface area contributed by atoms with Gasteiger partial charge in [0, 0.05) is 36.6 Å². The van der Waals surface area contributed by atoms with Crippen molar-refractivity contribution in [3.05, 3.63) is 36.4 Å². The molecule has 0 aliphatic rings. The van der Waals surface area contributed by atoms with E-state index >= 15 is 0 Å². The number of H-pyrrole nitrogens is 2. The van der Waals surface area contributed by atoms with Gasteiger partial charge >= 0.3 is 5.97 Å². The highest BCUT2D eigenvalue weighted by atomic mass is 32.2. The molecule has 15 heteroatoms. The van der Waals surface area contributed by atoms with Crippen LogP contribution >= 0.6 is 23.5 Å². The molecule has 0 saturated carbocycles. The van der Waals surface area contributed by atoms with Crippen LogP contribution in [0.4, 0.5) is 0 Å². The quantitative estimate of drug-likeness (QED) is 0.131. The number of hydrogen-bond donors (Lipinski definition) is 7. The smallest absolute Gasteiger partial charge is 0.326 e. The summed E-state index contributed by atoms with van der Waals surface area (Å²) in [6, 6.07) is -4.07. The van der Waals surface area contributed by atoms with Gasteiger partial charge < -0.3 is 36.8 Å². The molecule has 8 N–H and O–H groups in total. The molecule has 37 heavy (non-hydrogen) atoms. The molecule has 0 aliphatic carbocycles. The average Bonchev–Trinajstić information content (AvgIpc) is 3.57. The van der Waals surface area contributed by atoms with E-state index in [0.29, 0.717) is 29.3 Å². The monoisotopic (exact) mass is 554 g/mol. The molecule has 0 bridgehead atoms. The second-order valence-corrected chi connectivity index (χ2v) is 10.2. The summed E-state index contributed by atoms with van der Waals surface area (Å²) in [5, 5.41) is 17.4. The highest BCUT2D eigenvalue weighted by Crippen LogP contribution is 2.07. The van der Waals surface area contributed by atoms with Gasteiger partial charge in [-0.05, 0) is 36.9 Å². The summed E-state index contributed by atoms with van der Waals surface area (Å²) in [4.78, 5) is 64.3. The van der Waals surface area contributed by atoms with Gasteiger partial charge in [-0.15, -0.1) is 0 Å². The van der Waals surface area contributed by atoms with Crippen LogP contribution in [0.15, 0.2) is 25.0 Å². The van der Waals surface area contributed by atoms with Crippen LogP contribution in [-0.4, -0.2) is 96.9 Å². The van der Waals surface area contributed by atoms with Crippen LogP contribution in [0.5, 0.6) is 0 Å². The molecule has 0 aromatic carbocycles. The van der Waals surface area contributed by atoms with Crippen LogP contribution in [0.1, 0.15) is 24.2 Å². The number of amides is 3. The maximum atomic E-state index is 13.2. The van der Waals surface area contributed by atoms with E-state index in [1.807, 2.05) is 12.5 Å². The van der Waals surface area contributed by atoms with Crippen LogP contribution in [0.3, 0.4) is 0 Å². The third-order valence-electron chi connectivity index (χ3n) is 5.41. The molecule has 3 amide bonds. The number of thioether (sulfide) groups is 2. The van der Waals surface area contributed by atoms with E-state index in [-0.39, 0.29) is 19.3 Å². The van der Waals surface area contributed by atoms with Gasteiger partial charge in [0.15, 0.2) is 0 Å². The average molecular weight is 555 g/mol. The molecule has 0 radical (unpaired) electrons. The number of carbonyl (C=O) groups excluding carboxylic acids is 3. The summed E-state index contributed by atoms with van der Waals surface area (Å²) < 4.78 is 0. The Hall–Kier alpha value is -3.04. The predicted molar refractivity (Wildman–Crippen MR) is 142 cm³/mol. The molecule has 13 nitrogen and oxygen atoms in total. The number of imidazole rings is 2. The maximum Gasteiger partial charge on any atom is 0.326 e. The fourth-order valence-corrected chi connectivity index (χ4v) is 4.32. The molecule has 0 saturated heterocycles.